The molecule has 1 aliphatic heterocycles. The van der Waals surface area contributed by atoms with Gasteiger partial charge in [0, 0.05) is 24.4 Å². The molecule has 1 amide bonds. The van der Waals surface area contributed by atoms with E-state index in [-0.39, 0.29) is 17.7 Å². The SMILES string of the molecule is CC(=O)CC1CCCN1C(=O)c1ccc2ccccc2n1. The minimum absolute atomic E-state index is 0.0308. The summed E-state index contributed by atoms with van der Waals surface area (Å²) in [5.41, 5.74) is 1.29. The number of hydrogen-bond acceptors (Lipinski definition) is 3. The first kappa shape index (κ1) is 13.7. The molecule has 21 heavy (non-hydrogen) atoms. The third-order valence-electron chi connectivity index (χ3n) is 3.98. The molecule has 1 atom stereocenters. The standard InChI is InChI=1S/C17H18N2O2/c1-12(20)11-14-6-4-10-19(14)17(21)16-9-8-13-5-2-3-7-15(13)18-16/h2-3,5,7-9,14H,4,6,10-11H2,1H3. The van der Waals surface area contributed by atoms with Crippen molar-refractivity contribution < 1.29 is 9.59 Å². The van der Waals surface area contributed by atoms with Crippen molar-refractivity contribution >= 4 is 22.6 Å². The van der Waals surface area contributed by atoms with Crippen LogP contribution >= 0.6 is 0 Å². The van der Waals surface area contributed by atoms with Crippen molar-refractivity contribution in [1.82, 2.24) is 9.88 Å². The Morgan fingerprint density at radius 3 is 2.86 bits per heavy atom. The molecule has 2 aromatic rings. The Hall–Kier alpha value is -2.23. The van der Waals surface area contributed by atoms with Crippen LogP contribution in [0.4, 0.5) is 0 Å². The zero-order chi connectivity index (χ0) is 14.8. The second kappa shape index (κ2) is 5.64. The smallest absolute Gasteiger partial charge is 0.272 e. The topological polar surface area (TPSA) is 50.3 Å². The van der Waals surface area contributed by atoms with E-state index >= 15 is 0 Å². The fourth-order valence-corrected chi connectivity index (χ4v) is 2.98. The third kappa shape index (κ3) is 2.79. The zero-order valence-electron chi connectivity index (χ0n) is 12.1. The van der Waals surface area contributed by atoms with Gasteiger partial charge in [0.05, 0.1) is 5.52 Å². The predicted octanol–water partition coefficient (Wildman–Crippen LogP) is 2.82. The molecule has 1 unspecified atom stereocenters. The van der Waals surface area contributed by atoms with Crippen LogP contribution in [0.5, 0.6) is 0 Å². The molecule has 1 aromatic heterocycles. The van der Waals surface area contributed by atoms with Crippen LogP contribution in [0, 0.1) is 0 Å². The van der Waals surface area contributed by atoms with Crippen molar-refractivity contribution in [3.8, 4) is 0 Å². The van der Waals surface area contributed by atoms with E-state index in [0.717, 1.165) is 23.7 Å². The summed E-state index contributed by atoms with van der Waals surface area (Å²) in [4.78, 5) is 30.2. The molecule has 4 nitrogen and oxygen atoms in total. The number of ketones is 1. The van der Waals surface area contributed by atoms with Gasteiger partial charge in [0.1, 0.15) is 11.5 Å². The van der Waals surface area contributed by atoms with Crippen molar-refractivity contribution in [2.75, 3.05) is 6.54 Å². The highest BCUT2D eigenvalue weighted by molar-refractivity contribution is 5.95. The van der Waals surface area contributed by atoms with Crippen molar-refractivity contribution in [2.45, 2.75) is 32.2 Å². The maximum Gasteiger partial charge on any atom is 0.272 e. The number of carbonyl (C=O) groups excluding carboxylic acids is 2. The van der Waals surface area contributed by atoms with E-state index in [0.29, 0.717) is 18.7 Å². The van der Waals surface area contributed by atoms with Gasteiger partial charge in [0.25, 0.3) is 5.91 Å². The first-order valence-electron chi connectivity index (χ1n) is 7.31. The van der Waals surface area contributed by atoms with Crippen LogP contribution in [0.2, 0.25) is 0 Å². The number of aromatic nitrogens is 1. The lowest BCUT2D eigenvalue weighted by Crippen LogP contribution is -2.37. The van der Waals surface area contributed by atoms with Crippen molar-refractivity contribution in [3.05, 3.63) is 42.1 Å². The van der Waals surface area contributed by atoms with E-state index in [1.807, 2.05) is 30.3 Å². The quantitative estimate of drug-likeness (QED) is 0.869. The number of amides is 1. The Bertz CT molecular complexity index is 696. The van der Waals surface area contributed by atoms with Gasteiger partial charge in [-0.1, -0.05) is 24.3 Å². The van der Waals surface area contributed by atoms with Crippen LogP contribution in [0.15, 0.2) is 36.4 Å². The zero-order valence-corrected chi connectivity index (χ0v) is 12.1. The largest absolute Gasteiger partial charge is 0.334 e. The summed E-state index contributed by atoms with van der Waals surface area (Å²) in [7, 11) is 0. The van der Waals surface area contributed by atoms with Gasteiger partial charge in [-0.3, -0.25) is 9.59 Å². The van der Waals surface area contributed by atoms with E-state index < -0.39 is 0 Å². The lowest BCUT2D eigenvalue weighted by atomic mass is 10.1. The maximum absolute atomic E-state index is 12.6. The molecule has 1 saturated heterocycles. The summed E-state index contributed by atoms with van der Waals surface area (Å²) in [6, 6.07) is 11.5. The molecule has 1 fully saturated rings. The molecule has 108 valence electrons. The number of nitrogens with zero attached hydrogens (tertiary/aromatic N) is 2. The fraction of sp³-hybridized carbons (Fsp3) is 0.353. The Kier molecular flexibility index (Phi) is 3.69. The van der Waals surface area contributed by atoms with Gasteiger partial charge in [-0.25, -0.2) is 4.98 Å². The summed E-state index contributed by atoms with van der Waals surface area (Å²) in [6.07, 6.45) is 2.30. The summed E-state index contributed by atoms with van der Waals surface area (Å²) < 4.78 is 0. The number of likely N-dealkylation sites (tertiary alicyclic amines) is 1. The molecular formula is C17H18N2O2. The number of pyridine rings is 1. The van der Waals surface area contributed by atoms with Crippen LogP contribution in [-0.4, -0.2) is 34.2 Å². The summed E-state index contributed by atoms with van der Waals surface area (Å²) in [6.45, 7) is 2.29. The average molecular weight is 282 g/mol. The monoisotopic (exact) mass is 282 g/mol. The number of Topliss-reactive ketones (excluding diaryl/α,β-unsaturated/α-hetero) is 1. The lowest BCUT2D eigenvalue weighted by molar-refractivity contribution is -0.117. The average Bonchev–Trinajstić information content (AvgIpc) is 2.93. The molecule has 2 heterocycles. The number of benzene rings is 1. The van der Waals surface area contributed by atoms with Crippen LogP contribution in [0.1, 0.15) is 36.7 Å². The number of rotatable bonds is 3. The van der Waals surface area contributed by atoms with E-state index in [4.69, 9.17) is 0 Å². The Balaban J connectivity index is 1.87. The number of hydrogen-bond donors (Lipinski definition) is 0. The second-order valence-corrected chi connectivity index (χ2v) is 5.59. The molecule has 1 aromatic carbocycles. The minimum atomic E-state index is -0.0653. The predicted molar refractivity (Wildman–Crippen MR) is 81.1 cm³/mol. The molecule has 4 heteroatoms. The van der Waals surface area contributed by atoms with Crippen LogP contribution < -0.4 is 0 Å². The van der Waals surface area contributed by atoms with Crippen LogP contribution in [-0.2, 0) is 4.79 Å². The van der Waals surface area contributed by atoms with Gasteiger partial charge >= 0.3 is 0 Å². The minimum Gasteiger partial charge on any atom is -0.334 e. The molecule has 0 spiro atoms. The Morgan fingerprint density at radius 2 is 2.05 bits per heavy atom. The molecule has 0 radical (unpaired) electrons. The summed E-state index contributed by atoms with van der Waals surface area (Å²) in [5, 5.41) is 1.02. The molecular weight excluding hydrogens is 264 g/mol. The van der Waals surface area contributed by atoms with Crippen LogP contribution in [0.25, 0.3) is 10.9 Å². The lowest BCUT2D eigenvalue weighted by Gasteiger charge is -2.23. The van der Waals surface area contributed by atoms with E-state index in [9.17, 15) is 9.59 Å². The Labute approximate surface area is 123 Å². The molecule has 0 bridgehead atoms. The Morgan fingerprint density at radius 1 is 1.24 bits per heavy atom. The van der Waals surface area contributed by atoms with Gasteiger partial charge in [0.2, 0.25) is 0 Å². The molecule has 3 rings (SSSR count). The summed E-state index contributed by atoms with van der Waals surface area (Å²) in [5.74, 6) is 0.0654. The first-order chi connectivity index (χ1) is 10.1. The molecule has 0 saturated carbocycles. The van der Waals surface area contributed by atoms with Crippen molar-refractivity contribution in [2.24, 2.45) is 0 Å². The molecule has 0 N–H and O–H groups in total. The molecule has 1 aliphatic rings. The second-order valence-electron chi connectivity index (χ2n) is 5.59. The van der Waals surface area contributed by atoms with Gasteiger partial charge in [-0.2, -0.15) is 0 Å². The fourth-order valence-electron chi connectivity index (χ4n) is 2.98. The first-order valence-corrected chi connectivity index (χ1v) is 7.31. The number of para-hydroxylation sites is 1. The van der Waals surface area contributed by atoms with Gasteiger partial charge in [0.15, 0.2) is 0 Å². The molecule has 0 aliphatic carbocycles. The van der Waals surface area contributed by atoms with Gasteiger partial charge < -0.3 is 4.90 Å². The van der Waals surface area contributed by atoms with Gasteiger partial charge in [-0.05, 0) is 31.9 Å². The van der Waals surface area contributed by atoms with Gasteiger partial charge in [-0.15, -0.1) is 0 Å². The van der Waals surface area contributed by atoms with E-state index in [1.165, 1.54) is 0 Å². The van der Waals surface area contributed by atoms with E-state index in [2.05, 4.69) is 4.98 Å². The van der Waals surface area contributed by atoms with Crippen molar-refractivity contribution in [1.29, 1.82) is 0 Å². The third-order valence-corrected chi connectivity index (χ3v) is 3.98. The maximum atomic E-state index is 12.6. The van der Waals surface area contributed by atoms with Crippen LogP contribution in [0.3, 0.4) is 0 Å². The summed E-state index contributed by atoms with van der Waals surface area (Å²) >= 11 is 0. The highest BCUT2D eigenvalue weighted by Crippen LogP contribution is 2.23. The number of fused-ring (bicyclic) bond motifs is 1. The van der Waals surface area contributed by atoms with E-state index in [1.54, 1.807) is 17.9 Å². The normalized spacial score (nSPS) is 18.1. The number of carbonyl (C=O) groups is 2. The highest BCUT2D eigenvalue weighted by atomic mass is 16.2. The highest BCUT2D eigenvalue weighted by Gasteiger charge is 2.30. The van der Waals surface area contributed by atoms with Crippen molar-refractivity contribution in [3.63, 3.8) is 0 Å².